The van der Waals surface area contributed by atoms with Gasteiger partial charge in [-0.15, -0.1) is 0 Å². The molecular weight excluding hydrogens is 256 g/mol. The van der Waals surface area contributed by atoms with Crippen LogP contribution in [0.25, 0.3) is 21.9 Å². The van der Waals surface area contributed by atoms with Crippen molar-refractivity contribution in [2.45, 2.75) is 0 Å². The Morgan fingerprint density at radius 3 is 2.10 bits per heavy atom. The zero-order valence-electron chi connectivity index (χ0n) is 10.4. The van der Waals surface area contributed by atoms with E-state index in [1.165, 1.54) is 18.2 Å². The first-order valence-corrected chi connectivity index (χ1v) is 6.04. The van der Waals surface area contributed by atoms with Gasteiger partial charge in [0.15, 0.2) is 11.5 Å². The lowest BCUT2D eigenvalue weighted by molar-refractivity contribution is 0.369. The van der Waals surface area contributed by atoms with Gasteiger partial charge in [-0.1, -0.05) is 30.3 Å². The molecule has 0 aliphatic rings. The van der Waals surface area contributed by atoms with Gasteiger partial charge in [0.1, 0.15) is 5.75 Å². The maximum atomic E-state index is 10.1. The van der Waals surface area contributed by atoms with Crippen molar-refractivity contribution in [1.82, 2.24) is 0 Å². The summed E-state index contributed by atoms with van der Waals surface area (Å²) in [5, 5.41) is 40.7. The van der Waals surface area contributed by atoms with Gasteiger partial charge in [-0.05, 0) is 29.0 Å². The summed E-state index contributed by atoms with van der Waals surface area (Å²) in [7, 11) is 0. The number of benzene rings is 3. The minimum atomic E-state index is -0.602. The fourth-order valence-electron chi connectivity index (χ4n) is 2.31. The number of aromatic hydroxyl groups is 4. The molecule has 0 atom stereocenters. The molecule has 4 heteroatoms. The van der Waals surface area contributed by atoms with Crippen molar-refractivity contribution < 1.29 is 20.4 Å². The highest BCUT2D eigenvalue weighted by atomic mass is 16.3. The van der Waals surface area contributed by atoms with Crippen LogP contribution >= 0.6 is 0 Å². The van der Waals surface area contributed by atoms with Gasteiger partial charge in [-0.3, -0.25) is 0 Å². The summed E-state index contributed by atoms with van der Waals surface area (Å²) in [6.07, 6.45) is 0. The fourth-order valence-corrected chi connectivity index (χ4v) is 2.31. The quantitative estimate of drug-likeness (QED) is 0.510. The van der Waals surface area contributed by atoms with E-state index in [1.54, 1.807) is 6.07 Å². The van der Waals surface area contributed by atoms with Crippen LogP contribution in [-0.4, -0.2) is 20.4 Å². The maximum absolute atomic E-state index is 10.1. The van der Waals surface area contributed by atoms with Crippen molar-refractivity contribution in [2.75, 3.05) is 0 Å². The Morgan fingerprint density at radius 1 is 0.600 bits per heavy atom. The van der Waals surface area contributed by atoms with Gasteiger partial charge in [-0.25, -0.2) is 0 Å². The Balaban J connectivity index is 2.41. The van der Waals surface area contributed by atoms with Crippen LogP contribution in [0, 0.1) is 0 Å². The second-order valence-electron chi connectivity index (χ2n) is 4.51. The van der Waals surface area contributed by atoms with Gasteiger partial charge in [-0.2, -0.15) is 0 Å². The Morgan fingerprint density at radius 2 is 1.30 bits per heavy atom. The molecule has 0 unspecified atom stereocenters. The SMILES string of the molecule is Oc1ccc(-c2c(O)ccc3ccccc23)c(O)c1O. The van der Waals surface area contributed by atoms with E-state index in [0.717, 1.165) is 10.8 Å². The Kier molecular flexibility index (Phi) is 2.64. The summed E-state index contributed by atoms with van der Waals surface area (Å²) in [4.78, 5) is 0. The number of hydrogen-bond acceptors (Lipinski definition) is 4. The van der Waals surface area contributed by atoms with E-state index in [-0.39, 0.29) is 11.3 Å². The molecule has 4 N–H and O–H groups in total. The van der Waals surface area contributed by atoms with Crippen molar-refractivity contribution in [3.8, 4) is 34.1 Å². The third-order valence-electron chi connectivity index (χ3n) is 3.31. The minimum Gasteiger partial charge on any atom is -0.507 e. The van der Waals surface area contributed by atoms with Gasteiger partial charge in [0, 0.05) is 11.1 Å². The first kappa shape index (κ1) is 12.2. The van der Waals surface area contributed by atoms with Crippen molar-refractivity contribution in [2.24, 2.45) is 0 Å². The Bertz CT molecular complexity index is 809. The van der Waals surface area contributed by atoms with E-state index in [9.17, 15) is 20.4 Å². The average molecular weight is 268 g/mol. The van der Waals surface area contributed by atoms with E-state index in [2.05, 4.69) is 0 Å². The van der Waals surface area contributed by atoms with Gasteiger partial charge < -0.3 is 20.4 Å². The zero-order valence-corrected chi connectivity index (χ0v) is 10.4. The topological polar surface area (TPSA) is 80.9 Å². The second kappa shape index (κ2) is 4.35. The van der Waals surface area contributed by atoms with E-state index in [4.69, 9.17) is 0 Å². The van der Waals surface area contributed by atoms with E-state index in [1.807, 2.05) is 24.3 Å². The molecule has 0 spiro atoms. The number of hydrogen-bond donors (Lipinski definition) is 4. The van der Waals surface area contributed by atoms with Crippen molar-refractivity contribution in [3.05, 3.63) is 48.5 Å². The zero-order chi connectivity index (χ0) is 14.3. The van der Waals surface area contributed by atoms with E-state index >= 15 is 0 Å². The highest BCUT2D eigenvalue weighted by Gasteiger charge is 2.17. The molecule has 0 bridgehead atoms. The number of phenols is 4. The molecule has 100 valence electrons. The first-order chi connectivity index (χ1) is 9.59. The molecule has 0 aromatic heterocycles. The second-order valence-corrected chi connectivity index (χ2v) is 4.51. The molecule has 0 heterocycles. The van der Waals surface area contributed by atoms with Crippen LogP contribution in [0.15, 0.2) is 48.5 Å². The van der Waals surface area contributed by atoms with Gasteiger partial charge >= 0.3 is 0 Å². The molecule has 0 aliphatic heterocycles. The third kappa shape index (κ3) is 1.70. The van der Waals surface area contributed by atoms with Crippen LogP contribution in [0.4, 0.5) is 0 Å². The van der Waals surface area contributed by atoms with Gasteiger partial charge in [0.05, 0.1) is 0 Å². The van der Waals surface area contributed by atoms with Crippen LogP contribution in [0.5, 0.6) is 23.0 Å². The number of rotatable bonds is 1. The summed E-state index contributed by atoms with van der Waals surface area (Å²) in [6.45, 7) is 0. The Labute approximate surface area is 114 Å². The molecule has 3 aromatic rings. The molecular formula is C16H12O4. The maximum Gasteiger partial charge on any atom is 0.200 e. The average Bonchev–Trinajstić information content (AvgIpc) is 2.46. The number of phenolic OH excluding ortho intramolecular Hbond substituents is 4. The summed E-state index contributed by atoms with van der Waals surface area (Å²) in [6, 6.07) is 13.4. The molecule has 20 heavy (non-hydrogen) atoms. The molecule has 0 radical (unpaired) electrons. The van der Waals surface area contributed by atoms with Crippen molar-refractivity contribution >= 4 is 10.8 Å². The first-order valence-electron chi connectivity index (χ1n) is 6.04. The summed E-state index contributed by atoms with van der Waals surface area (Å²) < 4.78 is 0. The largest absolute Gasteiger partial charge is 0.507 e. The lowest BCUT2D eigenvalue weighted by Gasteiger charge is -2.12. The summed E-state index contributed by atoms with van der Waals surface area (Å²) >= 11 is 0. The van der Waals surface area contributed by atoms with Crippen LogP contribution in [-0.2, 0) is 0 Å². The molecule has 0 aliphatic carbocycles. The highest BCUT2D eigenvalue weighted by molar-refractivity contribution is 6.01. The molecule has 0 fully saturated rings. The normalized spacial score (nSPS) is 10.8. The van der Waals surface area contributed by atoms with Crippen molar-refractivity contribution in [3.63, 3.8) is 0 Å². The molecule has 0 saturated heterocycles. The predicted octanol–water partition coefficient (Wildman–Crippen LogP) is 3.33. The lowest BCUT2D eigenvalue weighted by Crippen LogP contribution is -1.85. The van der Waals surface area contributed by atoms with E-state index in [0.29, 0.717) is 5.56 Å². The van der Waals surface area contributed by atoms with Crippen molar-refractivity contribution in [1.29, 1.82) is 0 Å². The third-order valence-corrected chi connectivity index (χ3v) is 3.31. The van der Waals surface area contributed by atoms with Crippen LogP contribution < -0.4 is 0 Å². The predicted molar refractivity (Wildman–Crippen MR) is 76.0 cm³/mol. The summed E-state index contributed by atoms with van der Waals surface area (Å²) in [5.41, 5.74) is 0.672. The monoisotopic (exact) mass is 268 g/mol. The molecule has 3 aromatic carbocycles. The number of fused-ring (bicyclic) bond motifs is 1. The van der Waals surface area contributed by atoms with E-state index < -0.39 is 17.2 Å². The Hall–Kier alpha value is -2.88. The van der Waals surface area contributed by atoms with Gasteiger partial charge in [0.25, 0.3) is 0 Å². The molecule has 0 saturated carbocycles. The molecule has 3 rings (SSSR count). The minimum absolute atomic E-state index is 0.0101. The highest BCUT2D eigenvalue weighted by Crippen LogP contribution is 2.46. The lowest BCUT2D eigenvalue weighted by atomic mass is 9.96. The summed E-state index contributed by atoms with van der Waals surface area (Å²) in [5.74, 6) is -1.48. The molecule has 4 nitrogen and oxygen atoms in total. The van der Waals surface area contributed by atoms with Crippen LogP contribution in [0.3, 0.4) is 0 Å². The molecule has 0 amide bonds. The fraction of sp³-hybridized carbons (Fsp3) is 0. The van der Waals surface area contributed by atoms with Gasteiger partial charge in [0.2, 0.25) is 5.75 Å². The standard InChI is InChI=1S/C16H12O4/c17-12-7-5-9-3-1-2-4-10(9)14(12)11-6-8-13(18)16(20)15(11)19/h1-8,17-20H. The van der Waals surface area contributed by atoms with Crippen LogP contribution in [0.1, 0.15) is 0 Å². The van der Waals surface area contributed by atoms with Crippen LogP contribution in [0.2, 0.25) is 0 Å². The smallest absolute Gasteiger partial charge is 0.200 e.